The summed E-state index contributed by atoms with van der Waals surface area (Å²) in [5.74, 6) is -1.05. The molecular formula is C20H12Cl4F2N6. The lowest BCUT2D eigenvalue weighted by Gasteiger charge is -2.10. The highest BCUT2D eigenvalue weighted by molar-refractivity contribution is 6.33. The molecule has 4 aromatic rings. The van der Waals surface area contributed by atoms with E-state index in [2.05, 4.69) is 30.6 Å². The number of halogens is 6. The van der Waals surface area contributed by atoms with Crippen LogP contribution >= 0.6 is 46.4 Å². The van der Waals surface area contributed by atoms with Gasteiger partial charge >= 0.3 is 0 Å². The van der Waals surface area contributed by atoms with Gasteiger partial charge in [0.05, 0.1) is 6.20 Å². The summed E-state index contributed by atoms with van der Waals surface area (Å²) in [6.45, 7) is 0. The molecule has 2 heterocycles. The predicted molar refractivity (Wildman–Crippen MR) is 123 cm³/mol. The largest absolute Gasteiger partial charge is 0.338 e. The molecule has 2 aromatic heterocycles. The van der Waals surface area contributed by atoms with Gasteiger partial charge in [-0.15, -0.1) is 0 Å². The van der Waals surface area contributed by atoms with Crippen molar-refractivity contribution in [1.82, 2.24) is 19.9 Å². The third-order valence-corrected chi connectivity index (χ3v) is 4.61. The smallest absolute Gasteiger partial charge is 0.229 e. The summed E-state index contributed by atoms with van der Waals surface area (Å²) in [4.78, 5) is 14.7. The van der Waals surface area contributed by atoms with E-state index in [0.717, 1.165) is 12.5 Å². The molecule has 0 atom stereocenters. The molecule has 0 saturated carbocycles. The standard InChI is InChI=1S/C16H11Cl2FN4.C4HCl2FN2/c17-10-3-1-5-12(7-10)21-15-14(19)9-20-16(23-15)22-13-6-2-4-11(18)8-13;5-3-2(7)4(6)9-1-8-3/h1-9H,(H2,20,21,22,23);1H. The Hall–Kier alpha value is -2.78. The van der Waals surface area contributed by atoms with Gasteiger partial charge in [-0.2, -0.15) is 4.98 Å². The summed E-state index contributed by atoms with van der Waals surface area (Å²) in [5, 5.41) is 6.46. The summed E-state index contributed by atoms with van der Waals surface area (Å²) in [6.07, 6.45) is 2.18. The van der Waals surface area contributed by atoms with Crippen molar-refractivity contribution in [3.05, 3.63) is 93.0 Å². The molecule has 2 aromatic carbocycles. The Labute approximate surface area is 201 Å². The zero-order valence-electron chi connectivity index (χ0n) is 15.8. The first-order valence-corrected chi connectivity index (χ1v) is 10.2. The first kappa shape index (κ1) is 23.9. The number of aromatic nitrogens is 4. The van der Waals surface area contributed by atoms with Gasteiger partial charge < -0.3 is 10.6 Å². The first-order chi connectivity index (χ1) is 15.3. The van der Waals surface area contributed by atoms with Gasteiger partial charge in [-0.1, -0.05) is 58.5 Å². The van der Waals surface area contributed by atoms with Crippen molar-refractivity contribution in [2.24, 2.45) is 0 Å². The van der Waals surface area contributed by atoms with Crippen LogP contribution in [0.25, 0.3) is 0 Å². The average Bonchev–Trinajstić information content (AvgIpc) is 2.75. The van der Waals surface area contributed by atoms with Gasteiger partial charge in [0.15, 0.2) is 27.8 Å². The van der Waals surface area contributed by atoms with E-state index in [1.165, 1.54) is 0 Å². The van der Waals surface area contributed by atoms with Crippen molar-refractivity contribution in [3.63, 3.8) is 0 Å². The lowest BCUT2D eigenvalue weighted by molar-refractivity contribution is 0.614. The highest BCUT2D eigenvalue weighted by atomic mass is 35.5. The topological polar surface area (TPSA) is 75.6 Å². The maximum Gasteiger partial charge on any atom is 0.229 e. The molecular weight excluding hydrogens is 504 g/mol. The van der Waals surface area contributed by atoms with E-state index in [-0.39, 0.29) is 22.1 Å². The van der Waals surface area contributed by atoms with Crippen LogP contribution in [0.3, 0.4) is 0 Å². The fourth-order valence-electron chi connectivity index (χ4n) is 2.24. The minimum Gasteiger partial charge on any atom is -0.338 e. The minimum absolute atomic E-state index is 0.0480. The lowest BCUT2D eigenvalue weighted by atomic mass is 10.3. The third kappa shape index (κ3) is 6.86. The maximum atomic E-state index is 13.9. The number of hydrogen-bond donors (Lipinski definition) is 2. The lowest BCUT2D eigenvalue weighted by Crippen LogP contribution is -2.03. The van der Waals surface area contributed by atoms with Crippen LogP contribution in [0.5, 0.6) is 0 Å². The Morgan fingerprint density at radius 1 is 0.719 bits per heavy atom. The molecule has 0 amide bonds. The molecule has 0 radical (unpaired) electrons. The second-order valence-corrected chi connectivity index (χ2v) is 7.52. The van der Waals surface area contributed by atoms with E-state index in [0.29, 0.717) is 21.4 Å². The van der Waals surface area contributed by atoms with Crippen LogP contribution in [-0.2, 0) is 0 Å². The Morgan fingerprint density at radius 3 is 1.81 bits per heavy atom. The van der Waals surface area contributed by atoms with Gasteiger partial charge in [-0.25, -0.2) is 23.7 Å². The average molecular weight is 516 g/mol. The summed E-state index contributed by atoms with van der Waals surface area (Å²) >= 11 is 22.2. The van der Waals surface area contributed by atoms with Gasteiger partial charge in [-0.3, -0.25) is 0 Å². The Kier molecular flexibility index (Phi) is 8.35. The molecule has 0 aliphatic carbocycles. The van der Waals surface area contributed by atoms with Gasteiger partial charge in [0.25, 0.3) is 0 Å². The summed E-state index contributed by atoms with van der Waals surface area (Å²) in [7, 11) is 0. The molecule has 12 heteroatoms. The normalized spacial score (nSPS) is 10.2. The van der Waals surface area contributed by atoms with Crippen molar-refractivity contribution in [1.29, 1.82) is 0 Å². The molecule has 0 unspecified atom stereocenters. The van der Waals surface area contributed by atoms with Crippen molar-refractivity contribution in [2.45, 2.75) is 0 Å². The van der Waals surface area contributed by atoms with Gasteiger partial charge in [0, 0.05) is 21.4 Å². The Balaban J connectivity index is 0.000000269. The van der Waals surface area contributed by atoms with Crippen LogP contribution in [0.15, 0.2) is 61.1 Å². The molecule has 0 spiro atoms. The molecule has 0 saturated heterocycles. The van der Waals surface area contributed by atoms with E-state index in [4.69, 9.17) is 46.4 Å². The van der Waals surface area contributed by atoms with Crippen molar-refractivity contribution in [2.75, 3.05) is 10.6 Å². The molecule has 6 nitrogen and oxygen atoms in total. The summed E-state index contributed by atoms with van der Waals surface area (Å²) < 4.78 is 26.2. The maximum absolute atomic E-state index is 13.9. The Morgan fingerprint density at radius 2 is 1.28 bits per heavy atom. The van der Waals surface area contributed by atoms with E-state index in [9.17, 15) is 8.78 Å². The highest BCUT2D eigenvalue weighted by Crippen LogP contribution is 2.23. The zero-order chi connectivity index (χ0) is 23.1. The molecule has 4 rings (SSSR count). The third-order valence-electron chi connectivity index (χ3n) is 3.62. The van der Waals surface area contributed by atoms with E-state index < -0.39 is 11.6 Å². The van der Waals surface area contributed by atoms with Crippen LogP contribution in [0.4, 0.5) is 31.9 Å². The second kappa shape index (κ2) is 11.2. The molecule has 32 heavy (non-hydrogen) atoms. The molecule has 0 aliphatic rings. The number of benzene rings is 2. The molecule has 0 aliphatic heterocycles. The highest BCUT2D eigenvalue weighted by Gasteiger charge is 2.08. The van der Waals surface area contributed by atoms with Crippen molar-refractivity contribution >= 4 is 69.5 Å². The number of nitrogens with one attached hydrogen (secondary N) is 2. The van der Waals surface area contributed by atoms with E-state index >= 15 is 0 Å². The summed E-state index contributed by atoms with van der Waals surface area (Å²) in [6, 6.07) is 14.0. The predicted octanol–water partition coefficient (Wildman–Crippen LogP) is 7.33. The monoisotopic (exact) mass is 514 g/mol. The quantitative estimate of drug-likeness (QED) is 0.277. The van der Waals surface area contributed by atoms with E-state index in [1.807, 2.05) is 6.07 Å². The minimum atomic E-state index is -0.777. The van der Waals surface area contributed by atoms with Gasteiger partial charge in [0.1, 0.15) is 6.33 Å². The number of hydrogen-bond acceptors (Lipinski definition) is 6. The van der Waals surface area contributed by atoms with Crippen LogP contribution < -0.4 is 10.6 Å². The molecule has 164 valence electrons. The second-order valence-electron chi connectivity index (χ2n) is 5.93. The van der Waals surface area contributed by atoms with Crippen LogP contribution in [0.2, 0.25) is 20.4 Å². The van der Waals surface area contributed by atoms with Crippen molar-refractivity contribution in [3.8, 4) is 0 Å². The van der Waals surface area contributed by atoms with Crippen LogP contribution in [0.1, 0.15) is 0 Å². The molecule has 0 fully saturated rings. The zero-order valence-corrected chi connectivity index (χ0v) is 18.9. The number of rotatable bonds is 4. The SMILES string of the molecule is Fc1c(Cl)ncnc1Cl.Fc1cnc(Nc2cccc(Cl)c2)nc1Nc1cccc(Cl)c1. The number of nitrogens with zero attached hydrogens (tertiary/aromatic N) is 4. The summed E-state index contributed by atoms with van der Waals surface area (Å²) in [5.41, 5.74) is 1.33. The Bertz CT molecular complexity index is 1210. The van der Waals surface area contributed by atoms with Crippen LogP contribution in [-0.4, -0.2) is 19.9 Å². The fraction of sp³-hybridized carbons (Fsp3) is 0. The van der Waals surface area contributed by atoms with Crippen molar-refractivity contribution < 1.29 is 8.78 Å². The number of anilines is 4. The molecule has 0 bridgehead atoms. The van der Waals surface area contributed by atoms with Gasteiger partial charge in [-0.05, 0) is 36.4 Å². The first-order valence-electron chi connectivity index (χ1n) is 8.71. The van der Waals surface area contributed by atoms with E-state index in [1.54, 1.807) is 42.5 Å². The van der Waals surface area contributed by atoms with Crippen LogP contribution in [0, 0.1) is 11.6 Å². The van der Waals surface area contributed by atoms with Gasteiger partial charge in [0.2, 0.25) is 5.95 Å². The fourth-order valence-corrected chi connectivity index (χ4v) is 2.94. The molecule has 2 N–H and O–H groups in total.